The summed E-state index contributed by atoms with van der Waals surface area (Å²) in [7, 11) is -5.85. The van der Waals surface area contributed by atoms with Crippen LogP contribution >= 0.6 is 10.0 Å². The van der Waals surface area contributed by atoms with Crippen molar-refractivity contribution < 1.29 is 13.0 Å². The zero-order chi connectivity index (χ0) is 33.1. The summed E-state index contributed by atoms with van der Waals surface area (Å²) in [6.45, 7) is 0. The van der Waals surface area contributed by atoms with E-state index < -0.39 is 20.1 Å². The number of benzene rings is 4. The highest BCUT2D eigenvalue weighted by Gasteiger charge is 2.35. The van der Waals surface area contributed by atoms with Crippen LogP contribution in [0.25, 0.3) is 0 Å². The van der Waals surface area contributed by atoms with Crippen molar-refractivity contribution in [3.63, 3.8) is 0 Å². The largest absolute Gasteiger partial charge is 0.295 e. The van der Waals surface area contributed by atoms with Gasteiger partial charge in [0.2, 0.25) is 0 Å². The maximum absolute atomic E-state index is 13.4. The highest BCUT2D eigenvalue weighted by atomic mass is 32.3. The van der Waals surface area contributed by atoms with Gasteiger partial charge in [-0.2, -0.15) is 18.4 Å². The molecule has 3 fully saturated rings. The molecule has 1 N–H and O–H groups in total. The summed E-state index contributed by atoms with van der Waals surface area (Å²) in [5, 5.41) is 0. The molecule has 0 amide bonds. The molecule has 254 valence electrons. The van der Waals surface area contributed by atoms with Gasteiger partial charge in [-0.3, -0.25) is 4.55 Å². The molecule has 7 rings (SSSR count). The quantitative estimate of drug-likeness (QED) is 0.188. The molecule has 0 aromatic heterocycles. The Morgan fingerprint density at radius 3 is 1.58 bits per heavy atom. The van der Waals surface area contributed by atoms with Crippen molar-refractivity contribution in [3.8, 4) is 0 Å². The molecule has 2 atom stereocenters. The Morgan fingerprint density at radius 1 is 0.500 bits per heavy atom. The number of hydrogen-bond acceptors (Lipinski definition) is 2. The van der Waals surface area contributed by atoms with Crippen LogP contribution in [0, 0.1) is 0 Å². The van der Waals surface area contributed by atoms with Crippen molar-refractivity contribution in [1.82, 2.24) is 0 Å². The SMILES string of the molecule is CS(c1ccccc1)(c1ccccc1)c1cccc(C2CCCC(c3cc(C4CCCCC4)cc(C4CCCCC4)c3S(=O)(=O)O)C2)c1. The van der Waals surface area contributed by atoms with E-state index in [1.807, 2.05) is 0 Å². The van der Waals surface area contributed by atoms with Gasteiger partial charge in [0.1, 0.15) is 4.90 Å². The fraction of sp³-hybridized carbons (Fsp3) is 0.442. The summed E-state index contributed by atoms with van der Waals surface area (Å²) >= 11 is 0. The van der Waals surface area contributed by atoms with Crippen LogP contribution in [0.1, 0.15) is 136 Å². The topological polar surface area (TPSA) is 54.4 Å². The Hall–Kier alpha value is -2.86. The van der Waals surface area contributed by atoms with Crippen molar-refractivity contribution >= 4 is 20.1 Å². The number of hydrogen-bond donors (Lipinski definition) is 1. The summed E-state index contributed by atoms with van der Waals surface area (Å²) in [6.07, 6.45) is 18.1. The molecule has 3 aliphatic carbocycles. The molecule has 3 aliphatic rings. The van der Waals surface area contributed by atoms with Crippen LogP contribution < -0.4 is 0 Å². The zero-order valence-corrected chi connectivity index (χ0v) is 30.2. The second kappa shape index (κ2) is 14.5. The molecule has 0 aliphatic heterocycles. The lowest BCUT2D eigenvalue weighted by atomic mass is 9.72. The van der Waals surface area contributed by atoms with Gasteiger partial charge in [-0.15, -0.1) is 0 Å². The summed E-state index contributed by atoms with van der Waals surface area (Å²) < 4.78 is 37.7. The van der Waals surface area contributed by atoms with Gasteiger partial charge in [-0.05, 0) is 148 Å². The smallest absolute Gasteiger partial charge is 0.282 e. The zero-order valence-electron chi connectivity index (χ0n) is 28.5. The standard InChI is InChI=1S/C43H52O3S2/c1-47(38-23-10-4-11-24-38,39-25-12-5-13-26-39)40-27-15-21-35(29-40)34-20-14-22-36(28-34)42-31-37(32-16-6-2-7-17-32)30-41(43(42)48(44,45)46)33-18-8-3-9-19-33/h4-5,10-13,15,21,23-27,29-34,36H,2-3,6-9,14,16-20,22,28H2,1H3,(H,44,45,46). The van der Waals surface area contributed by atoms with Gasteiger partial charge in [0.25, 0.3) is 10.1 Å². The molecule has 0 heterocycles. The van der Waals surface area contributed by atoms with Crippen LogP contribution in [-0.2, 0) is 10.1 Å². The molecule has 0 bridgehead atoms. The van der Waals surface area contributed by atoms with Crippen molar-refractivity contribution in [2.24, 2.45) is 0 Å². The third-order valence-electron chi connectivity index (χ3n) is 11.9. The summed E-state index contributed by atoms with van der Waals surface area (Å²) in [6, 6.07) is 35.6. The fourth-order valence-electron chi connectivity index (χ4n) is 9.28. The van der Waals surface area contributed by atoms with Crippen LogP contribution in [-0.4, -0.2) is 19.2 Å². The van der Waals surface area contributed by atoms with Gasteiger partial charge in [-0.1, -0.05) is 106 Å². The second-order valence-corrected chi connectivity index (χ2v) is 19.5. The first-order chi connectivity index (χ1) is 23.3. The average molecular weight is 681 g/mol. The first-order valence-electron chi connectivity index (χ1n) is 18.5. The predicted octanol–water partition coefficient (Wildman–Crippen LogP) is 12.4. The Morgan fingerprint density at radius 2 is 1.00 bits per heavy atom. The molecular formula is C43H52O3S2. The van der Waals surface area contributed by atoms with E-state index in [0.29, 0.717) is 11.8 Å². The van der Waals surface area contributed by atoms with E-state index in [0.717, 1.165) is 62.5 Å². The molecular weight excluding hydrogens is 629 g/mol. The maximum atomic E-state index is 13.4. The lowest BCUT2D eigenvalue weighted by Gasteiger charge is -2.38. The van der Waals surface area contributed by atoms with E-state index in [2.05, 4.69) is 103 Å². The molecule has 4 aromatic rings. The Balaban J connectivity index is 1.28. The predicted molar refractivity (Wildman–Crippen MR) is 199 cm³/mol. The van der Waals surface area contributed by atoms with E-state index in [9.17, 15) is 13.0 Å². The first-order valence-corrected chi connectivity index (χ1v) is 21.9. The fourth-order valence-corrected chi connectivity index (χ4v) is 13.3. The Kier molecular flexibility index (Phi) is 10.2. The second-order valence-electron chi connectivity index (χ2n) is 14.9. The van der Waals surface area contributed by atoms with Crippen molar-refractivity contribution in [2.75, 3.05) is 6.26 Å². The third kappa shape index (κ3) is 6.93. The van der Waals surface area contributed by atoms with Crippen LogP contribution in [0.3, 0.4) is 0 Å². The number of rotatable bonds is 8. The molecule has 0 spiro atoms. The summed E-state index contributed by atoms with van der Waals surface area (Å²) in [5.74, 6) is 1.15. The highest BCUT2D eigenvalue weighted by Crippen LogP contribution is 2.66. The first kappa shape index (κ1) is 33.6. The third-order valence-corrected chi connectivity index (χ3v) is 16.5. The lowest BCUT2D eigenvalue weighted by molar-refractivity contribution is 0.383. The van der Waals surface area contributed by atoms with Gasteiger partial charge < -0.3 is 0 Å². The summed E-state index contributed by atoms with van der Waals surface area (Å²) in [4.78, 5) is 4.32. The molecule has 3 nitrogen and oxygen atoms in total. The lowest BCUT2D eigenvalue weighted by Crippen LogP contribution is -2.20. The molecule has 2 unspecified atom stereocenters. The van der Waals surface area contributed by atoms with Crippen molar-refractivity contribution in [3.05, 3.63) is 119 Å². The minimum atomic E-state index is -4.38. The average Bonchev–Trinajstić information content (AvgIpc) is 3.15. The minimum Gasteiger partial charge on any atom is -0.282 e. The van der Waals surface area contributed by atoms with Crippen molar-refractivity contribution in [1.29, 1.82) is 0 Å². The van der Waals surface area contributed by atoms with Crippen LogP contribution in [0.5, 0.6) is 0 Å². The van der Waals surface area contributed by atoms with Crippen molar-refractivity contribution in [2.45, 2.75) is 133 Å². The Bertz CT molecular complexity index is 1750. The molecule has 0 radical (unpaired) electrons. The molecule has 4 aromatic carbocycles. The van der Waals surface area contributed by atoms with Crippen LogP contribution in [0.15, 0.2) is 117 Å². The van der Waals surface area contributed by atoms with Gasteiger partial charge in [0.15, 0.2) is 0 Å². The monoisotopic (exact) mass is 680 g/mol. The minimum absolute atomic E-state index is 0.109. The maximum Gasteiger partial charge on any atom is 0.295 e. The molecule has 5 heteroatoms. The van der Waals surface area contributed by atoms with E-state index in [1.54, 1.807) is 0 Å². The van der Waals surface area contributed by atoms with E-state index >= 15 is 0 Å². The van der Waals surface area contributed by atoms with E-state index in [1.165, 1.54) is 64.3 Å². The van der Waals surface area contributed by atoms with Crippen LogP contribution in [0.4, 0.5) is 0 Å². The molecule has 48 heavy (non-hydrogen) atoms. The van der Waals surface area contributed by atoms with Crippen LogP contribution in [0.2, 0.25) is 0 Å². The highest BCUT2D eigenvalue weighted by molar-refractivity contribution is 8.33. The summed E-state index contributed by atoms with van der Waals surface area (Å²) in [5.41, 5.74) is 4.51. The van der Waals surface area contributed by atoms with E-state index in [-0.39, 0.29) is 16.7 Å². The molecule has 0 saturated heterocycles. The van der Waals surface area contributed by atoms with Gasteiger partial charge in [0, 0.05) is 0 Å². The molecule has 3 saturated carbocycles. The normalized spacial score (nSPS) is 22.0. The van der Waals surface area contributed by atoms with Gasteiger partial charge in [-0.25, -0.2) is 0 Å². The van der Waals surface area contributed by atoms with E-state index in [4.69, 9.17) is 0 Å². The Labute approximate surface area is 290 Å². The van der Waals surface area contributed by atoms with Gasteiger partial charge >= 0.3 is 0 Å². The van der Waals surface area contributed by atoms with Gasteiger partial charge in [0.05, 0.1) is 0 Å².